The lowest BCUT2D eigenvalue weighted by atomic mass is 10.2. The molecule has 0 aliphatic heterocycles. The van der Waals surface area contributed by atoms with Crippen LogP contribution in [0.5, 0.6) is 0 Å². The number of benzene rings is 1. The predicted octanol–water partition coefficient (Wildman–Crippen LogP) is 5.45. The highest BCUT2D eigenvalue weighted by molar-refractivity contribution is 5.76. The Morgan fingerprint density at radius 2 is 1.58 bits per heavy atom. The molecule has 0 unspecified atom stereocenters. The predicted molar refractivity (Wildman–Crippen MR) is 105 cm³/mol. The largest absolute Gasteiger partial charge is 0.328 e. The molecule has 1 heterocycles. The van der Waals surface area contributed by atoms with Gasteiger partial charge in [-0.15, -0.1) is 0 Å². The van der Waals surface area contributed by atoms with E-state index in [0.29, 0.717) is 5.92 Å². The summed E-state index contributed by atoms with van der Waals surface area (Å²) in [5.41, 5.74) is 2.42. The van der Waals surface area contributed by atoms with Gasteiger partial charge in [-0.3, -0.25) is 0 Å². The second-order valence-corrected chi connectivity index (χ2v) is 7.17. The van der Waals surface area contributed by atoms with E-state index in [0.717, 1.165) is 12.1 Å². The number of unbranched alkanes of at least 4 members (excludes halogenated alkanes) is 2. The molecule has 3 heteroatoms. The average Bonchev–Trinajstić information content (AvgIpc) is 2.96. The van der Waals surface area contributed by atoms with Crippen LogP contribution in [0.15, 0.2) is 24.3 Å². The van der Waals surface area contributed by atoms with Crippen molar-refractivity contribution in [3.05, 3.63) is 30.1 Å². The van der Waals surface area contributed by atoms with Crippen LogP contribution in [-0.2, 0) is 6.54 Å². The van der Waals surface area contributed by atoms with E-state index in [1.165, 1.54) is 63.1 Å². The maximum atomic E-state index is 4.86. The summed E-state index contributed by atoms with van der Waals surface area (Å²) in [5, 5.41) is 0. The van der Waals surface area contributed by atoms with Crippen molar-refractivity contribution < 1.29 is 0 Å². The molecule has 2 aromatic rings. The average molecular weight is 330 g/mol. The normalized spacial score (nSPS) is 11.9. The van der Waals surface area contributed by atoms with Gasteiger partial charge >= 0.3 is 0 Å². The molecule has 0 saturated heterocycles. The Kier molecular flexibility index (Phi) is 7.77. The van der Waals surface area contributed by atoms with Gasteiger partial charge in [0.05, 0.1) is 11.0 Å². The van der Waals surface area contributed by atoms with Crippen LogP contribution in [-0.4, -0.2) is 34.1 Å². The first kappa shape index (κ1) is 19.0. The summed E-state index contributed by atoms with van der Waals surface area (Å²) in [5.74, 6) is 1.69. The lowest BCUT2D eigenvalue weighted by molar-refractivity contribution is 0.257. The van der Waals surface area contributed by atoms with E-state index in [1.54, 1.807) is 0 Å². The van der Waals surface area contributed by atoms with Crippen molar-refractivity contribution in [3.63, 3.8) is 0 Å². The number of fused-ring (bicyclic) bond motifs is 1. The van der Waals surface area contributed by atoms with Crippen LogP contribution < -0.4 is 0 Å². The number of aryl methyl sites for hydroxylation is 1. The maximum absolute atomic E-state index is 4.86. The monoisotopic (exact) mass is 329 g/mol. The number of hydrogen-bond acceptors (Lipinski definition) is 2. The summed E-state index contributed by atoms with van der Waals surface area (Å²) in [4.78, 5) is 7.51. The van der Waals surface area contributed by atoms with E-state index in [4.69, 9.17) is 4.98 Å². The van der Waals surface area contributed by atoms with Crippen molar-refractivity contribution in [2.45, 2.75) is 72.3 Å². The van der Waals surface area contributed by atoms with Gasteiger partial charge in [0.25, 0.3) is 0 Å². The first-order valence-corrected chi connectivity index (χ1v) is 9.84. The lowest BCUT2D eigenvalue weighted by Crippen LogP contribution is -2.28. The third kappa shape index (κ3) is 5.07. The standard InChI is InChI=1S/C21H35N3/c1-5-7-14-23(15-8-6-2)16-11-17-24-20-13-10-9-12-19(20)22-21(24)18(3)4/h9-10,12-13,18H,5-8,11,14-17H2,1-4H3. The SMILES string of the molecule is CCCCN(CCCC)CCCn1c(C(C)C)nc2ccccc21. The second-order valence-electron chi connectivity index (χ2n) is 7.17. The van der Waals surface area contributed by atoms with E-state index in [9.17, 15) is 0 Å². The fourth-order valence-electron chi connectivity index (χ4n) is 3.32. The Hall–Kier alpha value is -1.35. The van der Waals surface area contributed by atoms with E-state index in [-0.39, 0.29) is 0 Å². The van der Waals surface area contributed by atoms with Crippen molar-refractivity contribution in [2.75, 3.05) is 19.6 Å². The number of hydrogen-bond donors (Lipinski definition) is 0. The summed E-state index contributed by atoms with van der Waals surface area (Å²) in [7, 11) is 0. The number of nitrogens with zero attached hydrogens (tertiary/aromatic N) is 3. The molecule has 3 nitrogen and oxygen atoms in total. The van der Waals surface area contributed by atoms with Crippen LogP contribution in [0.4, 0.5) is 0 Å². The van der Waals surface area contributed by atoms with Crippen LogP contribution >= 0.6 is 0 Å². The van der Waals surface area contributed by atoms with Crippen molar-refractivity contribution in [1.82, 2.24) is 14.5 Å². The summed E-state index contributed by atoms with van der Waals surface area (Å²) in [6.07, 6.45) is 6.40. The highest BCUT2D eigenvalue weighted by atomic mass is 15.1. The van der Waals surface area contributed by atoms with E-state index in [1.807, 2.05) is 0 Å². The zero-order valence-electron chi connectivity index (χ0n) is 16.1. The Morgan fingerprint density at radius 3 is 2.21 bits per heavy atom. The fraction of sp³-hybridized carbons (Fsp3) is 0.667. The Labute approximate surface area is 148 Å². The van der Waals surface area contributed by atoms with Crippen LogP contribution in [0.3, 0.4) is 0 Å². The highest BCUT2D eigenvalue weighted by Gasteiger charge is 2.13. The Bertz CT molecular complexity index is 592. The number of rotatable bonds is 11. The molecule has 0 fully saturated rings. The molecular formula is C21H35N3. The highest BCUT2D eigenvalue weighted by Crippen LogP contribution is 2.22. The quantitative estimate of drug-likeness (QED) is 0.546. The third-order valence-corrected chi connectivity index (χ3v) is 4.71. The van der Waals surface area contributed by atoms with Gasteiger partial charge in [0.1, 0.15) is 5.82 Å². The van der Waals surface area contributed by atoms with Gasteiger partial charge in [0.15, 0.2) is 0 Å². The number of para-hydroxylation sites is 2. The molecule has 0 aliphatic rings. The van der Waals surface area contributed by atoms with Crippen LogP contribution in [0.25, 0.3) is 11.0 Å². The second kappa shape index (κ2) is 9.83. The third-order valence-electron chi connectivity index (χ3n) is 4.71. The summed E-state index contributed by atoms with van der Waals surface area (Å²) < 4.78 is 2.44. The van der Waals surface area contributed by atoms with E-state index in [2.05, 4.69) is 61.4 Å². The van der Waals surface area contributed by atoms with Gasteiger partial charge in [-0.1, -0.05) is 52.7 Å². The number of aromatic nitrogens is 2. The molecule has 0 radical (unpaired) electrons. The van der Waals surface area contributed by atoms with Crippen molar-refractivity contribution in [3.8, 4) is 0 Å². The molecule has 0 spiro atoms. The minimum Gasteiger partial charge on any atom is -0.328 e. The van der Waals surface area contributed by atoms with Crippen LogP contribution in [0.1, 0.15) is 71.5 Å². The first-order valence-electron chi connectivity index (χ1n) is 9.84. The first-order chi connectivity index (χ1) is 11.7. The summed E-state index contributed by atoms with van der Waals surface area (Å²) in [6.45, 7) is 13.8. The van der Waals surface area contributed by atoms with Crippen LogP contribution in [0, 0.1) is 0 Å². The summed E-state index contributed by atoms with van der Waals surface area (Å²) in [6, 6.07) is 8.55. The molecule has 1 aromatic heterocycles. The summed E-state index contributed by atoms with van der Waals surface area (Å²) >= 11 is 0. The molecule has 0 atom stereocenters. The van der Waals surface area contributed by atoms with Crippen molar-refractivity contribution in [2.24, 2.45) is 0 Å². The smallest absolute Gasteiger partial charge is 0.112 e. The number of imidazole rings is 1. The fourth-order valence-corrected chi connectivity index (χ4v) is 3.32. The molecule has 0 amide bonds. The molecule has 0 aliphatic carbocycles. The minimum absolute atomic E-state index is 0.466. The molecule has 2 rings (SSSR count). The molecule has 0 saturated carbocycles. The molecule has 0 N–H and O–H groups in total. The zero-order chi connectivity index (χ0) is 17.4. The van der Waals surface area contributed by atoms with Crippen LogP contribution in [0.2, 0.25) is 0 Å². The van der Waals surface area contributed by atoms with Crippen molar-refractivity contribution in [1.29, 1.82) is 0 Å². The minimum atomic E-state index is 0.466. The molecule has 1 aromatic carbocycles. The molecule has 134 valence electrons. The molecular weight excluding hydrogens is 294 g/mol. The Morgan fingerprint density at radius 1 is 0.958 bits per heavy atom. The lowest BCUT2D eigenvalue weighted by Gasteiger charge is -2.22. The molecule has 0 bridgehead atoms. The van der Waals surface area contributed by atoms with Crippen molar-refractivity contribution >= 4 is 11.0 Å². The van der Waals surface area contributed by atoms with Gasteiger partial charge in [-0.25, -0.2) is 4.98 Å². The maximum Gasteiger partial charge on any atom is 0.112 e. The van der Waals surface area contributed by atoms with Gasteiger partial charge in [0, 0.05) is 12.5 Å². The Balaban J connectivity index is 2.02. The van der Waals surface area contributed by atoms with Gasteiger partial charge in [-0.05, 0) is 51.0 Å². The van der Waals surface area contributed by atoms with E-state index >= 15 is 0 Å². The van der Waals surface area contributed by atoms with Gasteiger partial charge < -0.3 is 9.47 Å². The molecule has 24 heavy (non-hydrogen) atoms. The topological polar surface area (TPSA) is 21.1 Å². The van der Waals surface area contributed by atoms with E-state index < -0.39 is 0 Å². The zero-order valence-corrected chi connectivity index (χ0v) is 16.1. The van der Waals surface area contributed by atoms with Gasteiger partial charge in [0.2, 0.25) is 0 Å². The van der Waals surface area contributed by atoms with Gasteiger partial charge in [-0.2, -0.15) is 0 Å².